The average Bonchev–Trinajstić information content (AvgIpc) is 3.07. The number of aryl methyl sites for hydroxylation is 1. The molecule has 1 aliphatic heterocycles. The summed E-state index contributed by atoms with van der Waals surface area (Å²) in [5, 5.41) is 9.02. The highest BCUT2D eigenvalue weighted by molar-refractivity contribution is 8.18. The highest BCUT2D eigenvalue weighted by Crippen LogP contribution is 2.34. The lowest BCUT2D eigenvalue weighted by molar-refractivity contribution is -0.123. The van der Waals surface area contributed by atoms with Gasteiger partial charge in [-0.25, -0.2) is 4.79 Å². The number of benzene rings is 3. The fourth-order valence-electron chi connectivity index (χ4n) is 3.29. The van der Waals surface area contributed by atoms with E-state index in [-0.39, 0.29) is 29.9 Å². The number of hydrogen-bond donors (Lipinski definition) is 1. The number of thioether (sulfide) groups is 1. The van der Waals surface area contributed by atoms with Gasteiger partial charge in [-0.15, -0.1) is 0 Å². The van der Waals surface area contributed by atoms with E-state index in [9.17, 15) is 14.4 Å². The Balaban J connectivity index is 1.42. The fourth-order valence-corrected chi connectivity index (χ4v) is 4.37. The van der Waals surface area contributed by atoms with Crippen molar-refractivity contribution in [3.05, 3.63) is 104 Å². The van der Waals surface area contributed by atoms with Gasteiger partial charge >= 0.3 is 5.97 Å². The van der Waals surface area contributed by atoms with Gasteiger partial charge in [0.05, 0.1) is 22.0 Å². The Kier molecular flexibility index (Phi) is 7.05. The lowest BCUT2D eigenvalue weighted by atomic mass is 10.1. The Labute approximate surface area is 205 Å². The van der Waals surface area contributed by atoms with Crippen molar-refractivity contribution in [1.29, 1.82) is 0 Å². The third-order valence-corrected chi connectivity index (χ3v) is 6.39. The van der Waals surface area contributed by atoms with E-state index in [1.807, 2.05) is 31.2 Å². The average molecular weight is 494 g/mol. The maximum absolute atomic E-state index is 12.8. The van der Waals surface area contributed by atoms with Gasteiger partial charge < -0.3 is 9.84 Å². The van der Waals surface area contributed by atoms with Crippen LogP contribution in [0.15, 0.2) is 71.6 Å². The molecule has 1 N–H and O–H groups in total. The zero-order valence-corrected chi connectivity index (χ0v) is 19.7. The Morgan fingerprint density at radius 2 is 1.71 bits per heavy atom. The maximum Gasteiger partial charge on any atom is 0.335 e. The van der Waals surface area contributed by atoms with Gasteiger partial charge in [-0.05, 0) is 65.7 Å². The smallest absolute Gasteiger partial charge is 0.335 e. The van der Waals surface area contributed by atoms with Crippen molar-refractivity contribution in [3.63, 3.8) is 0 Å². The first-order chi connectivity index (χ1) is 16.3. The van der Waals surface area contributed by atoms with Crippen molar-refractivity contribution >= 4 is 46.6 Å². The van der Waals surface area contributed by atoms with Crippen LogP contribution in [0.4, 0.5) is 4.79 Å². The van der Waals surface area contributed by atoms with Crippen LogP contribution in [-0.4, -0.2) is 27.1 Å². The van der Waals surface area contributed by atoms with Crippen LogP contribution in [0.25, 0.3) is 6.08 Å². The van der Waals surface area contributed by atoms with Gasteiger partial charge in [-0.3, -0.25) is 14.5 Å². The van der Waals surface area contributed by atoms with Crippen LogP contribution in [0.5, 0.6) is 5.75 Å². The number of imide groups is 1. The van der Waals surface area contributed by atoms with Gasteiger partial charge in [0, 0.05) is 0 Å². The molecular weight excluding hydrogens is 474 g/mol. The quantitative estimate of drug-likeness (QED) is 0.397. The first kappa shape index (κ1) is 23.6. The number of nitrogens with zero attached hydrogens (tertiary/aromatic N) is 1. The molecule has 0 saturated carbocycles. The molecule has 1 fully saturated rings. The number of carboxylic acid groups (broad SMARTS) is 1. The van der Waals surface area contributed by atoms with Gasteiger partial charge in [0.15, 0.2) is 0 Å². The van der Waals surface area contributed by atoms with Crippen molar-refractivity contribution in [2.24, 2.45) is 0 Å². The lowest BCUT2D eigenvalue weighted by Gasteiger charge is -2.12. The first-order valence-electron chi connectivity index (χ1n) is 10.4. The molecule has 0 bridgehead atoms. The molecule has 6 nitrogen and oxygen atoms in total. The van der Waals surface area contributed by atoms with Gasteiger partial charge in [0.1, 0.15) is 12.4 Å². The molecule has 34 heavy (non-hydrogen) atoms. The predicted molar refractivity (Wildman–Crippen MR) is 132 cm³/mol. The molecule has 8 heteroatoms. The predicted octanol–water partition coefficient (Wildman–Crippen LogP) is 6.16. The Morgan fingerprint density at radius 3 is 2.35 bits per heavy atom. The molecule has 0 spiro atoms. The first-order valence-corrected chi connectivity index (χ1v) is 11.5. The van der Waals surface area contributed by atoms with Crippen molar-refractivity contribution in [2.75, 3.05) is 0 Å². The fraction of sp³-hybridized carbons (Fsp3) is 0.115. The van der Waals surface area contributed by atoms with E-state index in [0.717, 1.165) is 28.5 Å². The zero-order chi connectivity index (χ0) is 24.2. The van der Waals surface area contributed by atoms with E-state index < -0.39 is 5.97 Å². The minimum atomic E-state index is -0.987. The van der Waals surface area contributed by atoms with Gasteiger partial charge in [0.25, 0.3) is 11.1 Å². The number of hydrogen-bond acceptors (Lipinski definition) is 5. The number of carbonyl (C=O) groups excluding carboxylic acids is 2. The Hall–Kier alpha value is -3.55. The summed E-state index contributed by atoms with van der Waals surface area (Å²) in [5.41, 5.74) is 3.67. The molecule has 4 rings (SSSR count). The summed E-state index contributed by atoms with van der Waals surface area (Å²) in [7, 11) is 0. The summed E-state index contributed by atoms with van der Waals surface area (Å²) in [5.74, 6) is -0.871. The van der Waals surface area contributed by atoms with Crippen LogP contribution in [0.1, 0.15) is 32.6 Å². The van der Waals surface area contributed by atoms with Crippen LogP contribution < -0.4 is 4.74 Å². The number of aromatic carboxylic acids is 1. The van der Waals surface area contributed by atoms with Crippen molar-refractivity contribution in [3.8, 4) is 5.75 Å². The molecule has 1 saturated heterocycles. The molecule has 0 unspecified atom stereocenters. The molecule has 0 aromatic heterocycles. The van der Waals surface area contributed by atoms with E-state index in [0.29, 0.717) is 21.2 Å². The molecule has 172 valence electrons. The summed E-state index contributed by atoms with van der Waals surface area (Å²) in [6.07, 6.45) is 1.64. The second-order valence-corrected chi connectivity index (χ2v) is 9.13. The molecule has 0 atom stereocenters. The monoisotopic (exact) mass is 493 g/mol. The van der Waals surface area contributed by atoms with E-state index in [2.05, 4.69) is 0 Å². The molecule has 3 aromatic rings. The molecule has 1 heterocycles. The number of amides is 2. The summed E-state index contributed by atoms with van der Waals surface area (Å²) < 4.78 is 5.74. The Morgan fingerprint density at radius 1 is 1.03 bits per heavy atom. The topological polar surface area (TPSA) is 83.9 Å². The van der Waals surface area contributed by atoms with E-state index in [4.69, 9.17) is 21.4 Å². The lowest BCUT2D eigenvalue weighted by Crippen LogP contribution is -2.27. The number of carbonyl (C=O) groups is 3. The summed E-state index contributed by atoms with van der Waals surface area (Å²) in [6, 6.07) is 19.2. The molecule has 0 aliphatic carbocycles. The van der Waals surface area contributed by atoms with Crippen molar-refractivity contribution < 1.29 is 24.2 Å². The summed E-state index contributed by atoms with van der Waals surface area (Å²) in [6.45, 7) is 2.42. The van der Waals surface area contributed by atoms with Crippen LogP contribution in [0, 0.1) is 6.92 Å². The largest absolute Gasteiger partial charge is 0.487 e. The molecule has 1 aliphatic rings. The van der Waals surface area contributed by atoms with Gasteiger partial charge in [0.2, 0.25) is 0 Å². The number of carboxylic acids is 1. The van der Waals surface area contributed by atoms with E-state index in [1.165, 1.54) is 17.0 Å². The Bertz CT molecular complexity index is 1290. The van der Waals surface area contributed by atoms with Crippen LogP contribution in [0.2, 0.25) is 5.02 Å². The maximum atomic E-state index is 12.8. The number of halogens is 1. The van der Waals surface area contributed by atoms with Crippen LogP contribution in [-0.2, 0) is 17.9 Å². The number of rotatable bonds is 7. The zero-order valence-electron chi connectivity index (χ0n) is 18.2. The summed E-state index contributed by atoms with van der Waals surface area (Å²) in [4.78, 5) is 37.7. The second kappa shape index (κ2) is 10.2. The minimum Gasteiger partial charge on any atom is -0.487 e. The molecule has 0 radical (unpaired) electrons. The molecular formula is C26H20ClNO5S. The normalized spacial score (nSPS) is 14.6. The minimum absolute atomic E-state index is 0.203. The summed E-state index contributed by atoms with van der Waals surface area (Å²) >= 11 is 7.26. The third-order valence-electron chi connectivity index (χ3n) is 5.18. The van der Waals surface area contributed by atoms with Gasteiger partial charge in [-0.2, -0.15) is 0 Å². The van der Waals surface area contributed by atoms with Crippen LogP contribution in [0.3, 0.4) is 0 Å². The standard InChI is InChI=1S/C26H20ClNO5S/c1-16-2-4-17(5-3-16)14-28-24(29)23(34-26(28)32)13-19-8-11-22(21(27)12-19)33-15-18-6-9-20(10-7-18)25(30)31/h2-13H,14-15H2,1H3,(H,30,31)/b23-13-. The number of ether oxygens (including phenoxy) is 1. The van der Waals surface area contributed by atoms with E-state index in [1.54, 1.807) is 36.4 Å². The van der Waals surface area contributed by atoms with Crippen LogP contribution >= 0.6 is 23.4 Å². The highest BCUT2D eigenvalue weighted by Gasteiger charge is 2.35. The molecule has 2 amide bonds. The molecule has 3 aromatic carbocycles. The van der Waals surface area contributed by atoms with Gasteiger partial charge in [-0.1, -0.05) is 59.6 Å². The second-order valence-electron chi connectivity index (χ2n) is 7.73. The third kappa shape index (κ3) is 5.50. The SMILES string of the molecule is Cc1ccc(CN2C(=O)S/C(=C\c3ccc(OCc4ccc(C(=O)O)cc4)c(Cl)c3)C2=O)cc1. The highest BCUT2D eigenvalue weighted by atomic mass is 35.5. The van der Waals surface area contributed by atoms with Crippen molar-refractivity contribution in [1.82, 2.24) is 4.90 Å². The van der Waals surface area contributed by atoms with E-state index >= 15 is 0 Å². The van der Waals surface area contributed by atoms with Crippen molar-refractivity contribution in [2.45, 2.75) is 20.1 Å².